The molecular formula is C14H11ClF6N4O. The van der Waals surface area contributed by atoms with Crippen molar-refractivity contribution in [2.45, 2.75) is 31.7 Å². The molecule has 3 rings (SSSR count). The zero-order chi connectivity index (χ0) is 19.3. The molecule has 5 nitrogen and oxygen atoms in total. The minimum absolute atomic E-state index is 0.0902. The molecule has 1 atom stereocenters. The monoisotopic (exact) mass is 400 g/mol. The van der Waals surface area contributed by atoms with Crippen LogP contribution >= 0.6 is 11.6 Å². The summed E-state index contributed by atoms with van der Waals surface area (Å²) in [7, 11) is 0. The van der Waals surface area contributed by atoms with Crippen LogP contribution in [-0.2, 0) is 17.5 Å². The lowest BCUT2D eigenvalue weighted by atomic mass is 10.1. The number of likely N-dealkylation sites (tertiary alicyclic amines) is 1. The third-order valence-corrected chi connectivity index (χ3v) is 4.16. The third-order valence-electron chi connectivity index (χ3n) is 3.96. The van der Waals surface area contributed by atoms with Gasteiger partial charge < -0.3 is 4.90 Å². The summed E-state index contributed by atoms with van der Waals surface area (Å²) >= 11 is 5.71. The quantitative estimate of drug-likeness (QED) is 0.738. The zero-order valence-corrected chi connectivity index (χ0v) is 13.7. The molecule has 1 unspecified atom stereocenters. The molecule has 1 saturated heterocycles. The lowest BCUT2D eigenvalue weighted by molar-refractivity contribution is -0.143. The first-order valence-corrected chi connectivity index (χ1v) is 7.78. The minimum atomic E-state index is -4.82. The molecule has 142 valence electrons. The van der Waals surface area contributed by atoms with Gasteiger partial charge in [0.2, 0.25) is 5.91 Å². The third kappa shape index (κ3) is 3.87. The van der Waals surface area contributed by atoms with Crippen LogP contribution in [0, 0.1) is 5.92 Å². The molecule has 0 aromatic carbocycles. The molecule has 12 heteroatoms. The Balaban J connectivity index is 1.93. The predicted molar refractivity (Wildman–Crippen MR) is 77.2 cm³/mol. The van der Waals surface area contributed by atoms with E-state index in [1.807, 2.05) is 0 Å². The average molecular weight is 401 g/mol. The van der Waals surface area contributed by atoms with Crippen molar-refractivity contribution >= 4 is 23.2 Å². The van der Waals surface area contributed by atoms with Gasteiger partial charge in [-0.25, -0.2) is 9.50 Å². The Kier molecular flexibility index (Phi) is 4.53. The Bertz CT molecular complexity index is 846. The number of nitrogens with zero attached hydrogens (tertiary/aromatic N) is 4. The van der Waals surface area contributed by atoms with Crippen LogP contribution in [0.1, 0.15) is 24.2 Å². The maximum atomic E-state index is 13.3. The number of halogens is 7. The van der Waals surface area contributed by atoms with Crippen molar-refractivity contribution in [1.82, 2.24) is 19.5 Å². The molecule has 0 radical (unpaired) electrons. The van der Waals surface area contributed by atoms with E-state index in [9.17, 15) is 31.1 Å². The molecule has 1 aliphatic heterocycles. The summed E-state index contributed by atoms with van der Waals surface area (Å²) in [4.78, 5) is 16.4. The van der Waals surface area contributed by atoms with E-state index < -0.39 is 48.5 Å². The topological polar surface area (TPSA) is 50.5 Å². The highest BCUT2D eigenvalue weighted by Crippen LogP contribution is 2.35. The summed E-state index contributed by atoms with van der Waals surface area (Å²) in [5.41, 5.74) is -1.83. The maximum absolute atomic E-state index is 13.3. The van der Waals surface area contributed by atoms with Crippen LogP contribution in [0.3, 0.4) is 0 Å². The van der Waals surface area contributed by atoms with Crippen molar-refractivity contribution in [3.63, 3.8) is 0 Å². The summed E-state index contributed by atoms with van der Waals surface area (Å²) in [5, 5.41) is 3.67. The molecule has 0 saturated carbocycles. The molecule has 3 heterocycles. The predicted octanol–water partition coefficient (Wildman–Crippen LogP) is 3.70. The van der Waals surface area contributed by atoms with Crippen LogP contribution in [-0.4, -0.2) is 38.1 Å². The number of rotatable bonds is 3. The molecule has 0 N–H and O–H groups in total. The molecule has 0 bridgehead atoms. The van der Waals surface area contributed by atoms with Gasteiger partial charge in [-0.15, -0.1) is 0 Å². The molecule has 2 aromatic rings. The Labute approximate surface area is 147 Å². The number of carbonyl (C=O) groups is 1. The Morgan fingerprint density at radius 2 is 1.88 bits per heavy atom. The van der Waals surface area contributed by atoms with Gasteiger partial charge in [-0.1, -0.05) is 11.6 Å². The lowest BCUT2D eigenvalue weighted by Gasteiger charge is -2.18. The number of amides is 1. The van der Waals surface area contributed by atoms with E-state index in [1.54, 1.807) is 0 Å². The molecule has 0 aliphatic carbocycles. The van der Waals surface area contributed by atoms with Gasteiger partial charge in [0.25, 0.3) is 0 Å². The van der Waals surface area contributed by atoms with E-state index in [2.05, 4.69) is 10.1 Å². The van der Waals surface area contributed by atoms with Crippen molar-refractivity contribution in [2.24, 2.45) is 5.92 Å². The number of hydrogen-bond donors (Lipinski definition) is 0. The summed E-state index contributed by atoms with van der Waals surface area (Å²) in [6.07, 6.45) is -10.8. The molecule has 26 heavy (non-hydrogen) atoms. The second kappa shape index (κ2) is 6.29. The fourth-order valence-corrected chi connectivity index (χ4v) is 3.12. The average Bonchev–Trinajstić information content (AvgIpc) is 2.98. The molecule has 1 aliphatic rings. The SMILES string of the molecule is O=C1CC(CC(F)(F)F)CN1Cc1c(C(F)(F)F)nc2ccc(Cl)nn12. The number of hydrogen-bond acceptors (Lipinski definition) is 3. The van der Waals surface area contributed by atoms with Crippen molar-refractivity contribution in [2.75, 3.05) is 6.54 Å². The number of carbonyl (C=O) groups excluding carboxylic acids is 1. The van der Waals surface area contributed by atoms with Gasteiger partial charge in [-0.05, 0) is 18.1 Å². The van der Waals surface area contributed by atoms with Crippen LogP contribution in [0.2, 0.25) is 5.15 Å². The Morgan fingerprint density at radius 1 is 1.19 bits per heavy atom. The lowest BCUT2D eigenvalue weighted by Crippen LogP contribution is -2.27. The molecule has 2 aromatic heterocycles. The number of imidazole rings is 1. The standard InChI is InChI=1S/C14H11ClF6N4O/c15-9-1-2-10-22-12(14(19,20)21)8(25(10)23-9)6-24-5-7(3-11(24)26)4-13(16,17)18/h1-2,7H,3-6H2. The van der Waals surface area contributed by atoms with E-state index in [1.165, 1.54) is 12.1 Å². The van der Waals surface area contributed by atoms with E-state index in [0.29, 0.717) is 0 Å². The number of fused-ring (bicyclic) bond motifs is 1. The summed E-state index contributed by atoms with van der Waals surface area (Å²) in [5.74, 6) is -1.64. The summed E-state index contributed by atoms with van der Waals surface area (Å²) in [6, 6.07) is 2.49. The van der Waals surface area contributed by atoms with Crippen LogP contribution in [0.15, 0.2) is 12.1 Å². The van der Waals surface area contributed by atoms with Gasteiger partial charge in [0.1, 0.15) is 5.15 Å². The largest absolute Gasteiger partial charge is 0.435 e. The van der Waals surface area contributed by atoms with E-state index in [4.69, 9.17) is 11.6 Å². The molecular weight excluding hydrogens is 390 g/mol. The van der Waals surface area contributed by atoms with Gasteiger partial charge in [-0.2, -0.15) is 31.4 Å². The van der Waals surface area contributed by atoms with Gasteiger partial charge >= 0.3 is 12.4 Å². The van der Waals surface area contributed by atoms with Crippen LogP contribution in [0.4, 0.5) is 26.3 Å². The Hall–Kier alpha value is -2.04. The van der Waals surface area contributed by atoms with Crippen LogP contribution < -0.4 is 0 Å². The van der Waals surface area contributed by atoms with Gasteiger partial charge in [-0.3, -0.25) is 4.79 Å². The fourth-order valence-electron chi connectivity index (χ4n) is 2.98. The second-order valence-corrected chi connectivity index (χ2v) is 6.38. The zero-order valence-electron chi connectivity index (χ0n) is 12.9. The van der Waals surface area contributed by atoms with Crippen molar-refractivity contribution in [1.29, 1.82) is 0 Å². The maximum Gasteiger partial charge on any atom is 0.435 e. The van der Waals surface area contributed by atoms with Gasteiger partial charge in [0.05, 0.1) is 12.2 Å². The second-order valence-electron chi connectivity index (χ2n) is 5.99. The summed E-state index contributed by atoms with van der Waals surface area (Å²) < 4.78 is 78.1. The van der Waals surface area contributed by atoms with E-state index in [0.717, 1.165) is 9.42 Å². The van der Waals surface area contributed by atoms with Crippen molar-refractivity contribution < 1.29 is 31.1 Å². The highest BCUT2D eigenvalue weighted by Gasteiger charge is 2.42. The first kappa shape index (κ1) is 18.7. The first-order valence-electron chi connectivity index (χ1n) is 7.40. The number of aromatic nitrogens is 3. The van der Waals surface area contributed by atoms with Crippen LogP contribution in [0.5, 0.6) is 0 Å². The molecule has 1 fully saturated rings. The fraction of sp³-hybridized carbons (Fsp3) is 0.500. The van der Waals surface area contributed by atoms with Crippen molar-refractivity contribution in [3.05, 3.63) is 28.7 Å². The van der Waals surface area contributed by atoms with E-state index >= 15 is 0 Å². The normalized spacial score (nSPS) is 19.0. The summed E-state index contributed by atoms with van der Waals surface area (Å²) in [6.45, 7) is -0.847. The van der Waals surface area contributed by atoms with Crippen LogP contribution in [0.25, 0.3) is 5.65 Å². The Morgan fingerprint density at radius 3 is 2.50 bits per heavy atom. The molecule has 0 spiro atoms. The minimum Gasteiger partial charge on any atom is -0.336 e. The molecule has 1 amide bonds. The first-order chi connectivity index (χ1) is 11.9. The smallest absolute Gasteiger partial charge is 0.336 e. The van der Waals surface area contributed by atoms with Gasteiger partial charge in [0.15, 0.2) is 11.3 Å². The van der Waals surface area contributed by atoms with E-state index in [-0.39, 0.29) is 23.8 Å². The van der Waals surface area contributed by atoms with Crippen molar-refractivity contribution in [3.8, 4) is 0 Å². The number of alkyl halides is 6. The highest BCUT2D eigenvalue weighted by atomic mass is 35.5. The highest BCUT2D eigenvalue weighted by molar-refractivity contribution is 6.29. The van der Waals surface area contributed by atoms with Gasteiger partial charge in [0, 0.05) is 19.4 Å².